The van der Waals surface area contributed by atoms with Crippen molar-refractivity contribution in [3.8, 4) is 11.5 Å². The number of Topliss-reactive ketones (excluding diaryl/α,β-unsaturated/α-hetero) is 1. The van der Waals surface area contributed by atoms with Crippen LogP contribution in [0.15, 0.2) is 42.7 Å². The van der Waals surface area contributed by atoms with Gasteiger partial charge in [-0.15, -0.1) is 0 Å². The van der Waals surface area contributed by atoms with Crippen LogP contribution in [-0.4, -0.2) is 72.7 Å². The van der Waals surface area contributed by atoms with Crippen molar-refractivity contribution in [1.82, 2.24) is 9.88 Å². The number of aliphatic carboxylic acids is 1. The monoisotopic (exact) mass is 413 g/mol. The molecule has 1 unspecified atom stereocenters. The van der Waals surface area contributed by atoms with Gasteiger partial charge < -0.3 is 19.5 Å². The van der Waals surface area contributed by atoms with Crippen molar-refractivity contribution in [1.29, 1.82) is 0 Å². The van der Waals surface area contributed by atoms with Gasteiger partial charge in [0.15, 0.2) is 11.9 Å². The lowest BCUT2D eigenvalue weighted by Crippen LogP contribution is -2.48. The van der Waals surface area contributed by atoms with E-state index in [4.69, 9.17) is 14.6 Å². The van der Waals surface area contributed by atoms with Crippen LogP contribution in [0, 0.1) is 0 Å². The van der Waals surface area contributed by atoms with Gasteiger partial charge in [-0.05, 0) is 30.7 Å². The lowest BCUT2D eigenvalue weighted by molar-refractivity contribution is -0.145. The third kappa shape index (κ3) is 5.27. The van der Waals surface area contributed by atoms with Gasteiger partial charge in [-0.3, -0.25) is 14.7 Å². The van der Waals surface area contributed by atoms with E-state index in [1.54, 1.807) is 37.5 Å². The topological polar surface area (TPSA) is 92.2 Å². The number of carboxylic acid groups (broad SMARTS) is 1. The van der Waals surface area contributed by atoms with Crippen LogP contribution < -0.4 is 14.4 Å². The zero-order valence-corrected chi connectivity index (χ0v) is 17.3. The van der Waals surface area contributed by atoms with Crippen molar-refractivity contribution in [3.05, 3.63) is 48.3 Å². The molecule has 2 aromatic rings. The van der Waals surface area contributed by atoms with E-state index in [-0.39, 0.29) is 5.78 Å². The summed E-state index contributed by atoms with van der Waals surface area (Å²) in [7, 11) is 1.48. The highest BCUT2D eigenvalue weighted by Crippen LogP contribution is 2.27. The summed E-state index contributed by atoms with van der Waals surface area (Å²) in [6.45, 7) is 5.29. The predicted molar refractivity (Wildman–Crippen MR) is 113 cm³/mol. The zero-order valence-electron chi connectivity index (χ0n) is 17.3. The number of carbonyl (C=O) groups is 2. The number of rotatable bonds is 9. The molecule has 0 aliphatic carbocycles. The summed E-state index contributed by atoms with van der Waals surface area (Å²) in [4.78, 5) is 32.5. The summed E-state index contributed by atoms with van der Waals surface area (Å²) in [5.41, 5.74) is 1.60. The van der Waals surface area contributed by atoms with Crippen molar-refractivity contribution in [2.24, 2.45) is 0 Å². The van der Waals surface area contributed by atoms with E-state index in [9.17, 15) is 9.59 Å². The molecule has 1 atom stereocenters. The SMILES string of the molecule is CCC(Oc1ccc(C(=O)CN2CCN(c3ccncc3)CC2)c(OC)c1)C(=O)O. The maximum absolute atomic E-state index is 12.9. The molecule has 1 aromatic carbocycles. The molecule has 0 amide bonds. The van der Waals surface area contributed by atoms with Crippen LogP contribution in [0.1, 0.15) is 23.7 Å². The van der Waals surface area contributed by atoms with Crippen molar-refractivity contribution in [2.75, 3.05) is 44.7 Å². The van der Waals surface area contributed by atoms with Crippen LogP contribution in [0.3, 0.4) is 0 Å². The number of ether oxygens (including phenoxy) is 2. The Morgan fingerprint density at radius 3 is 2.43 bits per heavy atom. The van der Waals surface area contributed by atoms with Gasteiger partial charge in [-0.1, -0.05) is 6.92 Å². The molecule has 0 saturated carbocycles. The highest BCUT2D eigenvalue weighted by atomic mass is 16.5. The first-order chi connectivity index (χ1) is 14.5. The number of hydrogen-bond acceptors (Lipinski definition) is 7. The summed E-state index contributed by atoms with van der Waals surface area (Å²) in [5.74, 6) is -0.319. The van der Waals surface area contributed by atoms with Crippen LogP contribution in [0.5, 0.6) is 11.5 Å². The second kappa shape index (κ2) is 10.1. The van der Waals surface area contributed by atoms with Crippen molar-refractivity contribution in [3.63, 3.8) is 0 Å². The smallest absolute Gasteiger partial charge is 0.344 e. The van der Waals surface area contributed by atoms with Crippen LogP contribution >= 0.6 is 0 Å². The van der Waals surface area contributed by atoms with E-state index < -0.39 is 12.1 Å². The summed E-state index contributed by atoms with van der Waals surface area (Å²) < 4.78 is 10.9. The van der Waals surface area contributed by atoms with Crippen molar-refractivity contribution >= 4 is 17.4 Å². The molecule has 2 heterocycles. The largest absolute Gasteiger partial charge is 0.496 e. The number of ketones is 1. The van der Waals surface area contributed by atoms with E-state index >= 15 is 0 Å². The fraction of sp³-hybridized carbons (Fsp3) is 0.409. The molecule has 0 spiro atoms. The predicted octanol–water partition coefficient (Wildman–Crippen LogP) is 2.34. The van der Waals surface area contributed by atoms with Crippen LogP contribution in [-0.2, 0) is 4.79 Å². The summed E-state index contributed by atoms with van der Waals surface area (Å²) in [6.07, 6.45) is 2.96. The average molecular weight is 413 g/mol. The zero-order chi connectivity index (χ0) is 21.5. The first-order valence-electron chi connectivity index (χ1n) is 9.99. The molecule has 1 saturated heterocycles. The standard InChI is InChI=1S/C22H27N3O5/c1-3-20(22(27)28)30-17-4-5-18(21(14-17)29-2)19(26)15-24-10-12-25(13-11-24)16-6-8-23-9-7-16/h4-9,14,20H,3,10-13,15H2,1-2H3,(H,27,28). The van der Waals surface area contributed by atoms with Gasteiger partial charge in [0, 0.05) is 50.3 Å². The van der Waals surface area contributed by atoms with Gasteiger partial charge in [0.05, 0.1) is 19.2 Å². The van der Waals surface area contributed by atoms with Crippen molar-refractivity contribution < 1.29 is 24.2 Å². The molecule has 1 N–H and O–H groups in total. The summed E-state index contributed by atoms with van der Waals surface area (Å²) >= 11 is 0. The maximum atomic E-state index is 12.9. The molecule has 1 fully saturated rings. The lowest BCUT2D eigenvalue weighted by atomic mass is 10.1. The van der Waals surface area contributed by atoms with E-state index in [2.05, 4.69) is 14.8 Å². The Morgan fingerprint density at radius 2 is 1.83 bits per heavy atom. The minimum Gasteiger partial charge on any atom is -0.496 e. The molecule has 3 rings (SSSR count). The second-order valence-corrected chi connectivity index (χ2v) is 7.11. The van der Waals surface area contributed by atoms with Crippen molar-refractivity contribution in [2.45, 2.75) is 19.4 Å². The molecule has 1 aromatic heterocycles. The van der Waals surface area contributed by atoms with E-state index in [0.29, 0.717) is 30.0 Å². The highest BCUT2D eigenvalue weighted by Gasteiger charge is 2.23. The maximum Gasteiger partial charge on any atom is 0.344 e. The fourth-order valence-corrected chi connectivity index (χ4v) is 3.46. The fourth-order valence-electron chi connectivity index (χ4n) is 3.46. The number of carboxylic acids is 1. The number of piperazine rings is 1. The Hall–Kier alpha value is -3.13. The Bertz CT molecular complexity index is 866. The number of carbonyl (C=O) groups excluding carboxylic acids is 1. The Kier molecular flexibility index (Phi) is 7.24. The summed E-state index contributed by atoms with van der Waals surface area (Å²) in [6, 6.07) is 8.80. The highest BCUT2D eigenvalue weighted by molar-refractivity contribution is 6.00. The average Bonchev–Trinajstić information content (AvgIpc) is 2.78. The quantitative estimate of drug-likeness (QED) is 0.627. The van der Waals surface area contributed by atoms with Gasteiger partial charge in [0.25, 0.3) is 0 Å². The molecule has 1 aliphatic rings. The number of benzene rings is 1. The van der Waals surface area contributed by atoms with E-state index in [0.717, 1.165) is 31.9 Å². The minimum absolute atomic E-state index is 0.0407. The number of pyridine rings is 1. The van der Waals surface area contributed by atoms with Gasteiger partial charge in [0.2, 0.25) is 0 Å². The van der Waals surface area contributed by atoms with Gasteiger partial charge in [-0.25, -0.2) is 4.79 Å². The molecule has 0 radical (unpaired) electrons. The van der Waals surface area contributed by atoms with E-state index in [1.165, 1.54) is 7.11 Å². The number of anilines is 1. The molecule has 8 heteroatoms. The molecule has 0 bridgehead atoms. The number of nitrogens with zero attached hydrogens (tertiary/aromatic N) is 3. The normalized spacial score (nSPS) is 15.5. The van der Waals surface area contributed by atoms with Crippen LogP contribution in [0.4, 0.5) is 5.69 Å². The first-order valence-corrected chi connectivity index (χ1v) is 9.99. The Morgan fingerprint density at radius 1 is 1.13 bits per heavy atom. The third-order valence-electron chi connectivity index (χ3n) is 5.17. The molecule has 160 valence electrons. The van der Waals surface area contributed by atoms with Gasteiger partial charge >= 0.3 is 5.97 Å². The van der Waals surface area contributed by atoms with Gasteiger partial charge in [0.1, 0.15) is 11.5 Å². The molecule has 8 nitrogen and oxygen atoms in total. The molecule has 1 aliphatic heterocycles. The number of hydrogen-bond donors (Lipinski definition) is 1. The van der Waals surface area contributed by atoms with Crippen LogP contribution in [0.25, 0.3) is 0 Å². The second-order valence-electron chi connectivity index (χ2n) is 7.11. The lowest BCUT2D eigenvalue weighted by Gasteiger charge is -2.35. The molecular weight excluding hydrogens is 386 g/mol. The Balaban J connectivity index is 1.60. The molecular formula is C22H27N3O5. The van der Waals surface area contributed by atoms with Gasteiger partial charge in [-0.2, -0.15) is 0 Å². The Labute approximate surface area is 176 Å². The number of methoxy groups -OCH3 is 1. The number of aromatic nitrogens is 1. The van der Waals surface area contributed by atoms with Crippen LogP contribution in [0.2, 0.25) is 0 Å². The van der Waals surface area contributed by atoms with E-state index in [1.807, 2.05) is 12.1 Å². The third-order valence-corrected chi connectivity index (χ3v) is 5.17. The molecule has 30 heavy (non-hydrogen) atoms. The minimum atomic E-state index is -1.03. The first kappa shape index (κ1) is 21.6. The summed E-state index contributed by atoms with van der Waals surface area (Å²) in [5, 5.41) is 9.16.